The second-order valence-electron chi connectivity index (χ2n) is 5.68. The fourth-order valence-corrected chi connectivity index (χ4v) is 3.02. The van der Waals surface area contributed by atoms with E-state index < -0.39 is 0 Å². The molecule has 0 radical (unpaired) electrons. The third-order valence-electron chi connectivity index (χ3n) is 3.91. The van der Waals surface area contributed by atoms with Crippen LogP contribution < -0.4 is 5.32 Å². The Hall–Kier alpha value is -1.61. The lowest BCUT2D eigenvalue weighted by Crippen LogP contribution is -2.30. The number of carbonyl (C=O) groups is 1. The molecule has 0 spiro atoms. The minimum absolute atomic E-state index is 0.00803. The number of benzene rings is 2. The summed E-state index contributed by atoms with van der Waals surface area (Å²) in [6.45, 7) is 2.00. The van der Waals surface area contributed by atoms with Crippen molar-refractivity contribution >= 4 is 21.8 Å². The summed E-state index contributed by atoms with van der Waals surface area (Å²) in [7, 11) is 0. The van der Waals surface area contributed by atoms with E-state index in [2.05, 4.69) is 33.4 Å². The van der Waals surface area contributed by atoms with Gasteiger partial charge in [0.15, 0.2) is 0 Å². The standard InChI is InChI=1S/C18H18BrNO/c1-12-7-10-16(19)15(11-12)18(21)20-17(14-8-9-14)13-5-3-2-4-6-13/h2-7,10-11,14,17H,8-9H2,1H3,(H,20,21). The van der Waals surface area contributed by atoms with Crippen LogP contribution in [0.4, 0.5) is 0 Å². The zero-order valence-corrected chi connectivity index (χ0v) is 13.6. The average molecular weight is 344 g/mol. The summed E-state index contributed by atoms with van der Waals surface area (Å²) < 4.78 is 0.841. The Balaban J connectivity index is 1.83. The molecule has 1 atom stereocenters. The molecule has 3 rings (SSSR count). The van der Waals surface area contributed by atoms with E-state index in [1.807, 2.05) is 43.3 Å². The predicted molar refractivity (Wildman–Crippen MR) is 88.3 cm³/mol. The van der Waals surface area contributed by atoms with Crippen LogP contribution in [0.15, 0.2) is 53.0 Å². The SMILES string of the molecule is Cc1ccc(Br)c(C(=O)NC(c2ccccc2)C2CC2)c1. The van der Waals surface area contributed by atoms with Crippen molar-refractivity contribution in [2.24, 2.45) is 5.92 Å². The molecule has 108 valence electrons. The number of rotatable bonds is 4. The lowest BCUT2D eigenvalue weighted by atomic mass is 10.0. The van der Waals surface area contributed by atoms with Gasteiger partial charge in [0, 0.05) is 4.47 Å². The molecule has 1 amide bonds. The molecule has 21 heavy (non-hydrogen) atoms. The Bertz CT molecular complexity index is 650. The summed E-state index contributed by atoms with van der Waals surface area (Å²) in [6, 6.07) is 16.2. The van der Waals surface area contributed by atoms with Crippen LogP contribution in [0.3, 0.4) is 0 Å². The fraction of sp³-hybridized carbons (Fsp3) is 0.278. The molecular weight excluding hydrogens is 326 g/mol. The van der Waals surface area contributed by atoms with E-state index in [-0.39, 0.29) is 11.9 Å². The van der Waals surface area contributed by atoms with Crippen LogP contribution in [0.25, 0.3) is 0 Å². The molecule has 0 heterocycles. The molecule has 3 heteroatoms. The van der Waals surface area contributed by atoms with E-state index in [1.165, 1.54) is 18.4 Å². The van der Waals surface area contributed by atoms with Crippen molar-refractivity contribution in [1.29, 1.82) is 0 Å². The fourth-order valence-electron chi connectivity index (χ4n) is 2.60. The van der Waals surface area contributed by atoms with E-state index in [0.717, 1.165) is 10.0 Å². The minimum atomic E-state index is -0.00803. The first-order valence-electron chi connectivity index (χ1n) is 7.27. The Morgan fingerprint density at radius 3 is 2.57 bits per heavy atom. The zero-order chi connectivity index (χ0) is 14.8. The van der Waals surface area contributed by atoms with E-state index >= 15 is 0 Å². The van der Waals surface area contributed by atoms with E-state index in [0.29, 0.717) is 11.5 Å². The maximum absolute atomic E-state index is 12.6. The van der Waals surface area contributed by atoms with E-state index in [4.69, 9.17) is 0 Å². The van der Waals surface area contributed by atoms with Crippen LogP contribution in [0.5, 0.6) is 0 Å². The summed E-state index contributed by atoms with van der Waals surface area (Å²) in [5.74, 6) is 0.561. The minimum Gasteiger partial charge on any atom is -0.345 e. The van der Waals surface area contributed by atoms with Gasteiger partial charge in [0.2, 0.25) is 0 Å². The lowest BCUT2D eigenvalue weighted by molar-refractivity contribution is 0.0931. The van der Waals surface area contributed by atoms with Gasteiger partial charge in [0.25, 0.3) is 5.91 Å². The van der Waals surface area contributed by atoms with Gasteiger partial charge in [-0.1, -0.05) is 42.0 Å². The topological polar surface area (TPSA) is 29.1 Å². The van der Waals surface area contributed by atoms with Crippen LogP contribution in [-0.4, -0.2) is 5.91 Å². The van der Waals surface area contributed by atoms with Gasteiger partial charge in [-0.2, -0.15) is 0 Å². The summed E-state index contributed by atoms with van der Waals surface area (Å²) in [5, 5.41) is 3.21. The normalized spacial score (nSPS) is 15.5. The molecule has 2 aromatic carbocycles. The van der Waals surface area contributed by atoms with Gasteiger partial charge in [-0.25, -0.2) is 0 Å². The number of hydrogen-bond donors (Lipinski definition) is 1. The van der Waals surface area contributed by atoms with E-state index in [9.17, 15) is 4.79 Å². The van der Waals surface area contributed by atoms with Crippen LogP contribution in [-0.2, 0) is 0 Å². The first-order chi connectivity index (χ1) is 10.1. The van der Waals surface area contributed by atoms with Crippen LogP contribution in [0.1, 0.15) is 40.4 Å². The van der Waals surface area contributed by atoms with Crippen LogP contribution >= 0.6 is 15.9 Å². The molecule has 0 aromatic heterocycles. The number of nitrogens with one attached hydrogen (secondary N) is 1. The predicted octanol–water partition coefficient (Wildman–Crippen LogP) is 4.64. The van der Waals surface area contributed by atoms with Gasteiger partial charge < -0.3 is 5.32 Å². The van der Waals surface area contributed by atoms with Crippen molar-refractivity contribution in [3.8, 4) is 0 Å². The number of carbonyl (C=O) groups excluding carboxylic acids is 1. The molecule has 1 saturated carbocycles. The highest BCUT2D eigenvalue weighted by Gasteiger charge is 2.33. The van der Waals surface area contributed by atoms with Gasteiger partial charge in [0.05, 0.1) is 11.6 Å². The zero-order valence-electron chi connectivity index (χ0n) is 12.0. The second kappa shape index (κ2) is 6.02. The Kier molecular flexibility index (Phi) is 4.11. The Morgan fingerprint density at radius 1 is 1.19 bits per heavy atom. The van der Waals surface area contributed by atoms with E-state index in [1.54, 1.807) is 0 Å². The molecule has 0 bridgehead atoms. The van der Waals surface area contributed by atoms with Gasteiger partial charge >= 0.3 is 0 Å². The molecule has 0 aliphatic heterocycles. The Morgan fingerprint density at radius 2 is 1.90 bits per heavy atom. The number of aryl methyl sites for hydroxylation is 1. The first-order valence-corrected chi connectivity index (χ1v) is 8.06. The monoisotopic (exact) mass is 343 g/mol. The largest absolute Gasteiger partial charge is 0.345 e. The third kappa shape index (κ3) is 3.35. The Labute approximate surface area is 133 Å². The highest BCUT2D eigenvalue weighted by atomic mass is 79.9. The molecule has 2 nitrogen and oxygen atoms in total. The molecule has 1 N–H and O–H groups in total. The van der Waals surface area contributed by atoms with Crippen LogP contribution in [0.2, 0.25) is 0 Å². The molecule has 2 aromatic rings. The molecule has 1 unspecified atom stereocenters. The first kappa shape index (κ1) is 14.3. The van der Waals surface area contributed by atoms with Crippen molar-refractivity contribution in [2.45, 2.75) is 25.8 Å². The van der Waals surface area contributed by atoms with Gasteiger partial charge in [-0.05, 0) is 59.3 Å². The molecular formula is C18H18BrNO. The van der Waals surface area contributed by atoms with Crippen LogP contribution in [0, 0.1) is 12.8 Å². The average Bonchev–Trinajstić information content (AvgIpc) is 3.32. The highest BCUT2D eigenvalue weighted by Crippen LogP contribution is 2.41. The van der Waals surface area contributed by atoms with Crippen molar-refractivity contribution < 1.29 is 4.79 Å². The third-order valence-corrected chi connectivity index (χ3v) is 4.60. The highest BCUT2D eigenvalue weighted by molar-refractivity contribution is 9.10. The van der Waals surface area contributed by atoms with Crippen molar-refractivity contribution in [2.75, 3.05) is 0 Å². The number of halogens is 1. The summed E-state index contributed by atoms with van der Waals surface area (Å²) in [4.78, 5) is 12.6. The van der Waals surface area contributed by atoms with Gasteiger partial charge in [-0.3, -0.25) is 4.79 Å². The summed E-state index contributed by atoms with van der Waals surface area (Å²) in [6.07, 6.45) is 2.38. The molecule has 1 aliphatic rings. The van der Waals surface area contributed by atoms with Gasteiger partial charge in [-0.15, -0.1) is 0 Å². The summed E-state index contributed by atoms with van der Waals surface area (Å²) >= 11 is 3.47. The number of hydrogen-bond acceptors (Lipinski definition) is 1. The molecule has 1 aliphatic carbocycles. The molecule has 0 saturated heterocycles. The van der Waals surface area contributed by atoms with Gasteiger partial charge in [0.1, 0.15) is 0 Å². The van der Waals surface area contributed by atoms with Crippen molar-refractivity contribution in [3.63, 3.8) is 0 Å². The molecule has 1 fully saturated rings. The summed E-state index contributed by atoms with van der Waals surface area (Å²) in [5.41, 5.74) is 2.99. The maximum atomic E-state index is 12.6. The number of amides is 1. The van der Waals surface area contributed by atoms with Crippen molar-refractivity contribution in [1.82, 2.24) is 5.32 Å². The quantitative estimate of drug-likeness (QED) is 0.860. The lowest BCUT2D eigenvalue weighted by Gasteiger charge is -2.19. The second-order valence-corrected chi connectivity index (χ2v) is 6.54. The van der Waals surface area contributed by atoms with Crippen molar-refractivity contribution in [3.05, 3.63) is 69.7 Å². The smallest absolute Gasteiger partial charge is 0.252 e. The maximum Gasteiger partial charge on any atom is 0.252 e.